The number of aromatic nitrogens is 2. The van der Waals surface area contributed by atoms with Gasteiger partial charge in [0.2, 0.25) is 5.91 Å². The molecule has 3 atom stereocenters. The summed E-state index contributed by atoms with van der Waals surface area (Å²) in [5.41, 5.74) is 12.2. The Hall–Kier alpha value is -2.80. The van der Waals surface area contributed by atoms with E-state index in [0.29, 0.717) is 18.3 Å². The smallest absolute Gasteiger partial charge is 0.239 e. The second-order valence-electron chi connectivity index (χ2n) is 10.1. The molecule has 2 fully saturated rings. The first-order chi connectivity index (χ1) is 16.4. The molecule has 4 aromatic rings. The average Bonchev–Trinajstić information content (AvgIpc) is 3.57. The van der Waals surface area contributed by atoms with Crippen LogP contribution < -0.4 is 5.73 Å². The van der Waals surface area contributed by atoms with Gasteiger partial charge in [0.15, 0.2) is 0 Å². The van der Waals surface area contributed by atoms with Gasteiger partial charge in [-0.1, -0.05) is 23.7 Å². The second-order valence-corrected chi connectivity index (χ2v) is 10.6. The minimum atomic E-state index is -0.508. The van der Waals surface area contributed by atoms with Crippen molar-refractivity contribution in [1.29, 1.82) is 0 Å². The molecule has 4 heterocycles. The third kappa shape index (κ3) is 3.90. The van der Waals surface area contributed by atoms with Gasteiger partial charge < -0.3 is 20.6 Å². The molecule has 0 aliphatic carbocycles. The Kier molecular flexibility index (Phi) is 5.40. The molecular weight excluding hydrogens is 446 g/mol. The zero-order chi connectivity index (χ0) is 23.4. The summed E-state index contributed by atoms with van der Waals surface area (Å²) in [5, 5.41) is 3.11. The molecule has 2 aromatic carbocycles. The zero-order valence-electron chi connectivity index (χ0n) is 19.4. The predicted octanol–water partition coefficient (Wildman–Crippen LogP) is 4.07. The number of hydrogen-bond acceptors (Lipinski definition) is 3. The van der Waals surface area contributed by atoms with Gasteiger partial charge in [-0.3, -0.25) is 9.69 Å². The van der Waals surface area contributed by atoms with E-state index < -0.39 is 6.04 Å². The maximum Gasteiger partial charge on any atom is 0.239 e. The van der Waals surface area contributed by atoms with E-state index in [1.54, 1.807) is 0 Å². The van der Waals surface area contributed by atoms with Crippen LogP contribution in [0.4, 0.5) is 0 Å². The first kappa shape index (κ1) is 21.7. The van der Waals surface area contributed by atoms with E-state index in [9.17, 15) is 4.79 Å². The lowest BCUT2D eigenvalue weighted by atomic mass is 10.0. The van der Waals surface area contributed by atoms with E-state index in [0.717, 1.165) is 59.7 Å². The quantitative estimate of drug-likeness (QED) is 0.407. The van der Waals surface area contributed by atoms with Gasteiger partial charge in [0.1, 0.15) is 0 Å². The van der Waals surface area contributed by atoms with Crippen LogP contribution in [0.15, 0.2) is 48.8 Å². The molecule has 0 bridgehead atoms. The van der Waals surface area contributed by atoms with Crippen LogP contribution in [-0.2, 0) is 17.8 Å². The number of nitrogens with two attached hydrogens (primary N) is 1. The third-order valence-electron chi connectivity index (χ3n) is 7.68. The van der Waals surface area contributed by atoms with Gasteiger partial charge in [-0.2, -0.15) is 0 Å². The Balaban J connectivity index is 1.07. The molecule has 2 aliphatic heterocycles. The van der Waals surface area contributed by atoms with Crippen molar-refractivity contribution < 1.29 is 4.79 Å². The molecule has 0 saturated carbocycles. The summed E-state index contributed by atoms with van der Waals surface area (Å²) in [6, 6.07) is 11.8. The van der Waals surface area contributed by atoms with Crippen LogP contribution in [0.1, 0.15) is 16.7 Å². The number of H-pyrrole nitrogens is 2. The van der Waals surface area contributed by atoms with Gasteiger partial charge >= 0.3 is 0 Å². The van der Waals surface area contributed by atoms with E-state index in [-0.39, 0.29) is 5.91 Å². The van der Waals surface area contributed by atoms with Crippen LogP contribution in [0.2, 0.25) is 5.02 Å². The topological polar surface area (TPSA) is 81.2 Å². The Morgan fingerprint density at radius 2 is 1.74 bits per heavy atom. The van der Waals surface area contributed by atoms with E-state index >= 15 is 0 Å². The van der Waals surface area contributed by atoms with Crippen molar-refractivity contribution in [3.63, 3.8) is 0 Å². The van der Waals surface area contributed by atoms with Crippen molar-refractivity contribution in [1.82, 2.24) is 19.8 Å². The van der Waals surface area contributed by atoms with Crippen molar-refractivity contribution in [3.8, 4) is 0 Å². The van der Waals surface area contributed by atoms with Gasteiger partial charge in [-0.15, -0.1) is 0 Å². The molecule has 7 heteroatoms. The number of aromatic amines is 2. The molecule has 4 N–H and O–H groups in total. The standard InChI is InChI=1S/C27H30ClN5O/c1-16-2-4-22-17(9-31-26(22)6-16)7-24(29)27(34)33-14-19-12-32(13-20(19)15-33)11-18-10-30-25-5-3-21(28)8-23(18)25/h2-6,8-10,19-20,24,30-31H,7,11-15,29H2,1H3/t19?,20?,24-/m0/s1. The molecular formula is C27H30ClN5O. The van der Waals surface area contributed by atoms with Crippen LogP contribution in [0.3, 0.4) is 0 Å². The van der Waals surface area contributed by atoms with Crippen molar-refractivity contribution in [2.75, 3.05) is 26.2 Å². The van der Waals surface area contributed by atoms with Crippen molar-refractivity contribution in [2.24, 2.45) is 17.6 Å². The number of likely N-dealkylation sites (tertiary alicyclic amines) is 2. The van der Waals surface area contributed by atoms with Crippen LogP contribution >= 0.6 is 11.6 Å². The number of nitrogens with zero attached hydrogens (tertiary/aromatic N) is 2. The number of rotatable bonds is 5. The van der Waals surface area contributed by atoms with Crippen molar-refractivity contribution in [2.45, 2.75) is 25.9 Å². The Morgan fingerprint density at radius 3 is 2.53 bits per heavy atom. The number of benzene rings is 2. The van der Waals surface area contributed by atoms with Gasteiger partial charge in [-0.25, -0.2) is 0 Å². The summed E-state index contributed by atoms with van der Waals surface area (Å²) < 4.78 is 0. The monoisotopic (exact) mass is 475 g/mol. The fraction of sp³-hybridized carbons (Fsp3) is 0.370. The maximum absolute atomic E-state index is 13.2. The summed E-state index contributed by atoms with van der Waals surface area (Å²) in [5.74, 6) is 1.11. The van der Waals surface area contributed by atoms with Gasteiger partial charge in [0.05, 0.1) is 6.04 Å². The highest BCUT2D eigenvalue weighted by atomic mass is 35.5. The molecule has 34 heavy (non-hydrogen) atoms. The number of aryl methyl sites for hydroxylation is 1. The number of nitrogens with one attached hydrogen (secondary N) is 2. The lowest BCUT2D eigenvalue weighted by Crippen LogP contribution is -2.45. The highest BCUT2D eigenvalue weighted by molar-refractivity contribution is 6.31. The van der Waals surface area contributed by atoms with Crippen molar-refractivity contribution >= 4 is 39.3 Å². The molecule has 2 saturated heterocycles. The normalized spacial score (nSPS) is 21.6. The Morgan fingerprint density at radius 1 is 1.00 bits per heavy atom. The molecule has 0 spiro atoms. The summed E-state index contributed by atoms with van der Waals surface area (Å²) in [7, 11) is 0. The lowest BCUT2D eigenvalue weighted by Gasteiger charge is -2.24. The SMILES string of the molecule is Cc1ccc2c(C[C@H](N)C(=O)N3CC4CN(Cc5c[nH]c6ccc(Cl)cc56)CC4C3)c[nH]c2c1. The van der Waals surface area contributed by atoms with E-state index in [1.165, 1.54) is 16.5 Å². The maximum atomic E-state index is 13.2. The molecule has 176 valence electrons. The molecule has 2 aliphatic rings. The first-order valence-electron chi connectivity index (χ1n) is 12.0. The zero-order valence-corrected chi connectivity index (χ0v) is 20.1. The first-order valence-corrected chi connectivity index (χ1v) is 12.4. The molecule has 6 rings (SSSR count). The lowest BCUT2D eigenvalue weighted by molar-refractivity contribution is -0.131. The Bertz CT molecular complexity index is 1360. The minimum Gasteiger partial charge on any atom is -0.361 e. The summed E-state index contributed by atoms with van der Waals surface area (Å²) in [4.78, 5) is 24.3. The average molecular weight is 476 g/mol. The Labute approximate surface area is 204 Å². The number of carbonyl (C=O) groups excluding carboxylic acids is 1. The van der Waals surface area contributed by atoms with Crippen LogP contribution in [0.25, 0.3) is 21.8 Å². The predicted molar refractivity (Wildman–Crippen MR) is 137 cm³/mol. The minimum absolute atomic E-state index is 0.0775. The highest BCUT2D eigenvalue weighted by Crippen LogP contribution is 2.33. The molecule has 1 amide bonds. The summed E-state index contributed by atoms with van der Waals surface area (Å²) in [6.07, 6.45) is 4.64. The van der Waals surface area contributed by atoms with E-state index in [4.69, 9.17) is 17.3 Å². The number of amides is 1. The van der Waals surface area contributed by atoms with Crippen LogP contribution in [0.5, 0.6) is 0 Å². The summed E-state index contributed by atoms with van der Waals surface area (Å²) in [6.45, 7) is 6.62. The largest absolute Gasteiger partial charge is 0.361 e. The molecule has 2 unspecified atom stereocenters. The number of hydrogen-bond donors (Lipinski definition) is 3. The molecule has 2 aromatic heterocycles. The number of fused-ring (bicyclic) bond motifs is 3. The highest BCUT2D eigenvalue weighted by Gasteiger charge is 2.42. The number of carbonyl (C=O) groups is 1. The van der Waals surface area contributed by atoms with E-state index in [2.05, 4.69) is 46.2 Å². The molecule has 0 radical (unpaired) electrons. The fourth-order valence-electron chi connectivity index (χ4n) is 5.95. The van der Waals surface area contributed by atoms with Gasteiger partial charge in [0.25, 0.3) is 0 Å². The molecule has 6 nitrogen and oxygen atoms in total. The van der Waals surface area contributed by atoms with Crippen molar-refractivity contribution in [3.05, 3.63) is 70.5 Å². The van der Waals surface area contributed by atoms with Crippen LogP contribution in [0, 0.1) is 18.8 Å². The van der Waals surface area contributed by atoms with Crippen LogP contribution in [-0.4, -0.2) is 57.9 Å². The summed E-state index contributed by atoms with van der Waals surface area (Å²) >= 11 is 6.22. The van der Waals surface area contributed by atoms with Gasteiger partial charge in [-0.05, 0) is 66.1 Å². The third-order valence-corrected chi connectivity index (χ3v) is 7.91. The van der Waals surface area contributed by atoms with Gasteiger partial charge in [0, 0.05) is 71.9 Å². The number of halogens is 1. The fourth-order valence-corrected chi connectivity index (χ4v) is 6.12. The second kappa shape index (κ2) is 8.45. The van der Waals surface area contributed by atoms with E-state index in [1.807, 2.05) is 29.3 Å².